The molecule has 30 heavy (non-hydrogen) atoms. The summed E-state index contributed by atoms with van der Waals surface area (Å²) in [6.07, 6.45) is 0. The van der Waals surface area contributed by atoms with Gasteiger partial charge in [0.15, 0.2) is 5.58 Å². The van der Waals surface area contributed by atoms with Crippen molar-refractivity contribution in [1.29, 1.82) is 0 Å². The van der Waals surface area contributed by atoms with E-state index in [0.717, 1.165) is 16.7 Å². The van der Waals surface area contributed by atoms with E-state index < -0.39 is 10.1 Å². The molecule has 0 amide bonds. The number of nitrogens with one attached hydrogen (secondary N) is 1. The molecule has 6 nitrogen and oxygen atoms in total. The van der Waals surface area contributed by atoms with Gasteiger partial charge in [0.25, 0.3) is 16.1 Å². The monoisotopic (exact) mass is 424 g/mol. The van der Waals surface area contributed by atoms with Gasteiger partial charge in [-0.2, -0.15) is 13.4 Å². The highest BCUT2D eigenvalue weighted by Gasteiger charge is 2.22. The smallest absolute Gasteiger partial charge is 0.296 e. The number of rotatable bonds is 4. The predicted molar refractivity (Wildman–Crippen MR) is 118 cm³/mol. The van der Waals surface area contributed by atoms with Crippen molar-refractivity contribution in [2.45, 2.75) is 31.2 Å². The highest BCUT2D eigenvalue weighted by Crippen LogP contribution is 2.27. The quantitative estimate of drug-likeness (QED) is 0.425. The van der Waals surface area contributed by atoms with Crippen LogP contribution in [-0.2, 0) is 15.7 Å². The number of oxazole rings is 1. The number of hydrogen-bond donors (Lipinski definition) is 2. The molecule has 0 saturated carbocycles. The molecular weight excluding hydrogens is 400 g/mol. The number of fused-ring (bicyclic) bond motifs is 1. The lowest BCUT2D eigenvalue weighted by atomic mass is 9.95. The maximum absolute atomic E-state index is 10.5. The maximum atomic E-state index is 10.5. The molecule has 0 spiro atoms. The molecular formula is C23H24N2O4S. The standard InChI is InChI=1S/C16H16N2O.C7H8O3S/c1-16(2,12-8-4-3-5-9-12)18-15-17-13-10-6-7-11-14(13)19-15;1-6-2-4-7(5-3-6)11(8,9)10/h3-11H,1-2H3,(H,17,18);2-5H,1H3,(H,8,9,10). The molecule has 0 unspecified atom stereocenters. The van der Waals surface area contributed by atoms with Gasteiger partial charge in [-0.1, -0.05) is 60.2 Å². The molecule has 4 rings (SSSR count). The molecule has 4 aromatic rings. The summed E-state index contributed by atoms with van der Waals surface area (Å²) in [6, 6.07) is 24.6. The van der Waals surface area contributed by atoms with Crippen molar-refractivity contribution in [1.82, 2.24) is 4.98 Å². The molecule has 7 heteroatoms. The van der Waals surface area contributed by atoms with Crippen LogP contribution < -0.4 is 5.32 Å². The van der Waals surface area contributed by atoms with Crippen LogP contribution in [0.3, 0.4) is 0 Å². The van der Waals surface area contributed by atoms with Gasteiger partial charge in [-0.15, -0.1) is 0 Å². The SMILES string of the molecule is CC(C)(Nc1nc2ccccc2o1)c1ccccc1.Cc1ccc(S(=O)(=O)O)cc1. The first-order valence-electron chi connectivity index (χ1n) is 9.38. The molecule has 0 atom stereocenters. The normalized spacial score (nSPS) is 11.6. The summed E-state index contributed by atoms with van der Waals surface area (Å²) in [4.78, 5) is 4.38. The van der Waals surface area contributed by atoms with Crippen LogP contribution in [0.4, 0.5) is 6.01 Å². The molecule has 2 N–H and O–H groups in total. The van der Waals surface area contributed by atoms with Gasteiger partial charge in [-0.05, 0) is 50.6 Å². The Bertz CT molecular complexity index is 1180. The Morgan fingerprint density at radius 1 is 0.900 bits per heavy atom. The van der Waals surface area contributed by atoms with E-state index in [4.69, 9.17) is 8.97 Å². The Balaban J connectivity index is 0.000000199. The molecule has 1 heterocycles. The van der Waals surface area contributed by atoms with Crippen molar-refractivity contribution in [2.75, 3.05) is 5.32 Å². The number of hydrogen-bond acceptors (Lipinski definition) is 5. The Labute approximate surface area is 176 Å². The zero-order valence-electron chi connectivity index (χ0n) is 17.0. The van der Waals surface area contributed by atoms with Gasteiger partial charge in [0.1, 0.15) is 5.52 Å². The lowest BCUT2D eigenvalue weighted by molar-refractivity contribution is 0.483. The zero-order valence-corrected chi connectivity index (χ0v) is 17.8. The van der Waals surface area contributed by atoms with E-state index >= 15 is 0 Å². The van der Waals surface area contributed by atoms with Crippen LogP contribution in [0.5, 0.6) is 0 Å². The number of para-hydroxylation sites is 2. The van der Waals surface area contributed by atoms with Gasteiger partial charge in [-0.3, -0.25) is 4.55 Å². The van der Waals surface area contributed by atoms with Crippen molar-refractivity contribution < 1.29 is 17.4 Å². The third kappa shape index (κ3) is 5.46. The van der Waals surface area contributed by atoms with E-state index in [0.29, 0.717) is 6.01 Å². The summed E-state index contributed by atoms with van der Waals surface area (Å²) in [7, 11) is -4.02. The van der Waals surface area contributed by atoms with Gasteiger partial charge >= 0.3 is 0 Å². The lowest BCUT2D eigenvalue weighted by Gasteiger charge is -2.25. The van der Waals surface area contributed by atoms with Crippen LogP contribution >= 0.6 is 0 Å². The van der Waals surface area contributed by atoms with Gasteiger partial charge in [0.2, 0.25) is 0 Å². The van der Waals surface area contributed by atoms with E-state index in [9.17, 15) is 8.42 Å². The van der Waals surface area contributed by atoms with Crippen LogP contribution in [0.1, 0.15) is 25.0 Å². The van der Waals surface area contributed by atoms with E-state index in [2.05, 4.69) is 36.3 Å². The van der Waals surface area contributed by atoms with E-state index in [1.54, 1.807) is 12.1 Å². The first kappa shape index (κ1) is 21.5. The van der Waals surface area contributed by atoms with Crippen molar-refractivity contribution >= 4 is 27.2 Å². The topological polar surface area (TPSA) is 92.4 Å². The van der Waals surface area contributed by atoms with E-state index in [1.807, 2.05) is 49.4 Å². The molecule has 0 fully saturated rings. The fourth-order valence-electron chi connectivity index (χ4n) is 2.83. The summed E-state index contributed by atoms with van der Waals surface area (Å²) >= 11 is 0. The number of aryl methyl sites for hydroxylation is 1. The van der Waals surface area contributed by atoms with Crippen LogP contribution in [0, 0.1) is 6.92 Å². The van der Waals surface area contributed by atoms with Crippen LogP contribution in [-0.4, -0.2) is 18.0 Å². The summed E-state index contributed by atoms with van der Waals surface area (Å²) in [5.41, 5.74) is 3.58. The second-order valence-corrected chi connectivity index (χ2v) is 8.81. The van der Waals surface area contributed by atoms with Crippen LogP contribution in [0.15, 0.2) is 88.2 Å². The van der Waals surface area contributed by atoms with Gasteiger partial charge in [0, 0.05) is 0 Å². The molecule has 0 saturated heterocycles. The highest BCUT2D eigenvalue weighted by atomic mass is 32.2. The third-order valence-electron chi connectivity index (χ3n) is 4.53. The van der Waals surface area contributed by atoms with Crippen molar-refractivity contribution in [3.8, 4) is 0 Å². The lowest BCUT2D eigenvalue weighted by Crippen LogP contribution is -2.27. The molecule has 0 aliphatic carbocycles. The third-order valence-corrected chi connectivity index (χ3v) is 5.40. The Morgan fingerprint density at radius 2 is 1.50 bits per heavy atom. The number of aromatic nitrogens is 1. The van der Waals surface area contributed by atoms with Crippen LogP contribution in [0.25, 0.3) is 11.1 Å². The molecule has 156 valence electrons. The maximum Gasteiger partial charge on any atom is 0.296 e. The molecule has 0 bridgehead atoms. The fourth-order valence-corrected chi connectivity index (χ4v) is 3.31. The largest absolute Gasteiger partial charge is 0.424 e. The van der Waals surface area contributed by atoms with Gasteiger partial charge in [0.05, 0.1) is 10.4 Å². The Morgan fingerprint density at radius 3 is 2.10 bits per heavy atom. The summed E-state index contributed by atoms with van der Waals surface area (Å²) in [6.45, 7) is 6.06. The van der Waals surface area contributed by atoms with Crippen molar-refractivity contribution in [3.05, 3.63) is 90.0 Å². The van der Waals surface area contributed by atoms with E-state index in [1.165, 1.54) is 17.7 Å². The van der Waals surface area contributed by atoms with E-state index in [-0.39, 0.29) is 10.4 Å². The number of nitrogens with zero attached hydrogens (tertiary/aromatic N) is 1. The molecule has 0 aliphatic heterocycles. The second kappa shape index (κ2) is 8.69. The molecule has 3 aromatic carbocycles. The first-order valence-corrected chi connectivity index (χ1v) is 10.8. The predicted octanol–water partition coefficient (Wildman–Crippen LogP) is 5.42. The zero-order chi connectivity index (χ0) is 21.8. The fraction of sp³-hybridized carbons (Fsp3) is 0.174. The van der Waals surface area contributed by atoms with Crippen LogP contribution in [0.2, 0.25) is 0 Å². The van der Waals surface area contributed by atoms with Gasteiger partial charge < -0.3 is 9.73 Å². The Kier molecular flexibility index (Phi) is 6.24. The number of anilines is 1. The number of benzene rings is 3. The molecule has 0 radical (unpaired) electrons. The average Bonchev–Trinajstić information content (AvgIpc) is 3.10. The minimum atomic E-state index is -4.02. The van der Waals surface area contributed by atoms with Gasteiger partial charge in [-0.25, -0.2) is 0 Å². The minimum absolute atomic E-state index is 0.0666. The van der Waals surface area contributed by atoms with Crippen molar-refractivity contribution in [3.63, 3.8) is 0 Å². The second-order valence-electron chi connectivity index (χ2n) is 7.39. The first-order chi connectivity index (χ1) is 14.1. The summed E-state index contributed by atoms with van der Waals surface area (Å²) in [5, 5.41) is 3.35. The minimum Gasteiger partial charge on any atom is -0.424 e. The summed E-state index contributed by atoms with van der Waals surface area (Å²) in [5.74, 6) is 0. The molecule has 0 aliphatic rings. The Hall–Kier alpha value is -3.16. The van der Waals surface area contributed by atoms with Crippen molar-refractivity contribution in [2.24, 2.45) is 0 Å². The average molecular weight is 425 g/mol. The highest BCUT2D eigenvalue weighted by molar-refractivity contribution is 7.85. The summed E-state index contributed by atoms with van der Waals surface area (Å²) < 4.78 is 35.3. The molecule has 1 aromatic heterocycles.